The van der Waals surface area contributed by atoms with Crippen LogP contribution in [0, 0.1) is 34.5 Å². The summed E-state index contributed by atoms with van der Waals surface area (Å²) in [5.74, 6) is -0.999. The standard InChI is InChI=1S/C23H32O7/c1-21-5-4-14-15(3-2-13-7-16(25)17(26)8-22(13,14)11-24)23(21,29)9-18(27)20(21)12-6-19(28)30-10-12/h6,11,13-18,20,25-27,29H,2-5,7-10H2,1H3/t13-,14-,15+,16+,17+,18+,20-,21+,22+,23-/m0/s1. The Morgan fingerprint density at radius 1 is 1.07 bits per heavy atom. The van der Waals surface area contributed by atoms with Crippen LogP contribution in [-0.4, -0.2) is 63.2 Å². The monoisotopic (exact) mass is 420 g/mol. The lowest BCUT2D eigenvalue weighted by atomic mass is 9.43. The van der Waals surface area contributed by atoms with Gasteiger partial charge in [0.05, 0.1) is 23.9 Å². The summed E-state index contributed by atoms with van der Waals surface area (Å²) in [5.41, 5.74) is -1.77. The van der Waals surface area contributed by atoms with Crippen LogP contribution in [-0.2, 0) is 14.3 Å². The number of aliphatic hydroxyl groups is 4. The molecular formula is C23H32O7. The second kappa shape index (κ2) is 6.61. The number of hydrogen-bond acceptors (Lipinski definition) is 7. The summed E-state index contributed by atoms with van der Waals surface area (Å²) in [6, 6.07) is 0. The number of aliphatic hydroxyl groups excluding tert-OH is 3. The molecule has 10 atom stereocenters. The van der Waals surface area contributed by atoms with E-state index in [0.717, 1.165) is 18.3 Å². The van der Waals surface area contributed by atoms with Crippen LogP contribution in [0.5, 0.6) is 0 Å². The van der Waals surface area contributed by atoms with Gasteiger partial charge in [0, 0.05) is 29.2 Å². The molecule has 1 heterocycles. The van der Waals surface area contributed by atoms with Crippen molar-refractivity contribution in [3.05, 3.63) is 11.6 Å². The number of aldehydes is 1. The Balaban J connectivity index is 1.53. The Hall–Kier alpha value is -1.28. The van der Waals surface area contributed by atoms with E-state index >= 15 is 0 Å². The molecule has 5 aliphatic rings. The summed E-state index contributed by atoms with van der Waals surface area (Å²) >= 11 is 0. The number of esters is 1. The molecule has 4 saturated carbocycles. The average Bonchev–Trinajstić information content (AvgIpc) is 3.19. The lowest BCUT2D eigenvalue weighted by Crippen LogP contribution is -2.64. The van der Waals surface area contributed by atoms with Gasteiger partial charge in [-0.2, -0.15) is 0 Å². The number of cyclic esters (lactones) is 1. The maximum Gasteiger partial charge on any atom is 0.331 e. The van der Waals surface area contributed by atoms with E-state index in [9.17, 15) is 30.0 Å². The predicted molar refractivity (Wildman–Crippen MR) is 105 cm³/mol. The van der Waals surface area contributed by atoms with Gasteiger partial charge in [0.15, 0.2) is 0 Å². The molecule has 0 aromatic carbocycles. The molecule has 1 aliphatic heterocycles. The third kappa shape index (κ3) is 2.46. The van der Waals surface area contributed by atoms with E-state index < -0.39 is 40.7 Å². The lowest BCUT2D eigenvalue weighted by Gasteiger charge is -2.63. The number of carbonyl (C=O) groups excluding carboxylic acids is 2. The van der Waals surface area contributed by atoms with Crippen molar-refractivity contribution in [1.29, 1.82) is 0 Å². The van der Waals surface area contributed by atoms with Gasteiger partial charge in [-0.15, -0.1) is 0 Å². The van der Waals surface area contributed by atoms with Gasteiger partial charge in [0.2, 0.25) is 0 Å². The molecule has 4 aliphatic carbocycles. The minimum Gasteiger partial charge on any atom is -0.458 e. The zero-order valence-corrected chi connectivity index (χ0v) is 17.4. The maximum absolute atomic E-state index is 12.5. The van der Waals surface area contributed by atoms with E-state index in [-0.39, 0.29) is 43.1 Å². The highest BCUT2D eigenvalue weighted by atomic mass is 16.5. The van der Waals surface area contributed by atoms with E-state index in [1.165, 1.54) is 6.08 Å². The van der Waals surface area contributed by atoms with Gasteiger partial charge in [0.25, 0.3) is 0 Å². The lowest BCUT2D eigenvalue weighted by molar-refractivity contribution is -0.216. The predicted octanol–water partition coefficient (Wildman–Crippen LogP) is 0.725. The van der Waals surface area contributed by atoms with E-state index in [4.69, 9.17) is 4.74 Å². The van der Waals surface area contributed by atoms with E-state index in [0.29, 0.717) is 25.7 Å². The van der Waals surface area contributed by atoms with Crippen LogP contribution >= 0.6 is 0 Å². The zero-order chi connectivity index (χ0) is 21.5. The SMILES string of the molecule is C[C@]12CC[C@H]3[C@@H](CC[C@H]4C[C@@H](O)[C@H](O)C[C@@]43C=O)[C@@]1(O)C[C@@H](O)[C@@H]2C1=CC(=O)OC1. The molecule has 5 rings (SSSR count). The molecule has 0 saturated heterocycles. The number of hydrogen-bond donors (Lipinski definition) is 4. The van der Waals surface area contributed by atoms with Crippen molar-refractivity contribution in [2.45, 2.75) is 75.8 Å². The van der Waals surface area contributed by atoms with Crippen molar-refractivity contribution in [3.8, 4) is 0 Å². The van der Waals surface area contributed by atoms with Gasteiger partial charge < -0.3 is 30.0 Å². The number of fused-ring (bicyclic) bond motifs is 5. The van der Waals surface area contributed by atoms with Crippen LogP contribution in [0.15, 0.2) is 11.6 Å². The van der Waals surface area contributed by atoms with E-state index in [1.807, 2.05) is 6.92 Å². The molecule has 7 heteroatoms. The average molecular weight is 421 g/mol. The summed E-state index contributed by atoms with van der Waals surface area (Å²) < 4.78 is 5.09. The highest BCUT2D eigenvalue weighted by Gasteiger charge is 2.71. The van der Waals surface area contributed by atoms with Crippen molar-refractivity contribution in [2.24, 2.45) is 34.5 Å². The van der Waals surface area contributed by atoms with Crippen molar-refractivity contribution in [3.63, 3.8) is 0 Å². The smallest absolute Gasteiger partial charge is 0.331 e. The summed E-state index contributed by atoms with van der Waals surface area (Å²) in [6.07, 6.45) is 3.58. The van der Waals surface area contributed by atoms with Gasteiger partial charge in [0.1, 0.15) is 12.9 Å². The molecule has 4 fully saturated rings. The van der Waals surface area contributed by atoms with Gasteiger partial charge >= 0.3 is 5.97 Å². The first kappa shape index (κ1) is 20.6. The third-order valence-corrected chi connectivity index (χ3v) is 9.77. The van der Waals surface area contributed by atoms with Gasteiger partial charge in [-0.1, -0.05) is 6.92 Å². The molecule has 0 spiro atoms. The minimum atomic E-state index is -1.16. The fourth-order valence-electron chi connectivity index (χ4n) is 8.39. The van der Waals surface area contributed by atoms with Crippen LogP contribution < -0.4 is 0 Å². The number of carbonyl (C=O) groups is 2. The minimum absolute atomic E-state index is 0.00768. The summed E-state index contributed by atoms with van der Waals surface area (Å²) in [5, 5.41) is 43.7. The first-order valence-electron chi connectivity index (χ1n) is 11.3. The van der Waals surface area contributed by atoms with Gasteiger partial charge in [-0.3, -0.25) is 0 Å². The third-order valence-electron chi connectivity index (χ3n) is 9.77. The molecule has 0 radical (unpaired) electrons. The van der Waals surface area contributed by atoms with Crippen molar-refractivity contribution in [2.75, 3.05) is 6.61 Å². The van der Waals surface area contributed by atoms with Crippen LogP contribution in [0.4, 0.5) is 0 Å². The summed E-state index contributed by atoms with van der Waals surface area (Å²) in [6.45, 7) is 2.16. The quantitative estimate of drug-likeness (QED) is 0.383. The molecule has 30 heavy (non-hydrogen) atoms. The molecule has 0 aromatic heterocycles. The molecular weight excluding hydrogens is 388 g/mol. The largest absolute Gasteiger partial charge is 0.458 e. The Labute approximate surface area is 176 Å². The maximum atomic E-state index is 12.5. The fraction of sp³-hybridized carbons (Fsp3) is 0.826. The van der Waals surface area contributed by atoms with Crippen LogP contribution in [0.25, 0.3) is 0 Å². The Kier molecular flexibility index (Phi) is 4.54. The normalized spacial score (nSPS) is 55.2. The second-order valence-electron chi connectivity index (χ2n) is 10.7. The van der Waals surface area contributed by atoms with Crippen molar-refractivity contribution < 1.29 is 34.8 Å². The van der Waals surface area contributed by atoms with Crippen LogP contribution in [0.1, 0.15) is 51.9 Å². The number of ether oxygens (including phenoxy) is 1. The molecule has 0 aromatic rings. The molecule has 166 valence electrons. The van der Waals surface area contributed by atoms with Crippen LogP contribution in [0.3, 0.4) is 0 Å². The van der Waals surface area contributed by atoms with Crippen molar-refractivity contribution >= 4 is 12.3 Å². The zero-order valence-electron chi connectivity index (χ0n) is 17.4. The summed E-state index contributed by atoms with van der Waals surface area (Å²) in [7, 11) is 0. The molecule has 0 unspecified atom stereocenters. The number of rotatable bonds is 2. The van der Waals surface area contributed by atoms with Gasteiger partial charge in [-0.25, -0.2) is 4.79 Å². The topological polar surface area (TPSA) is 124 Å². The van der Waals surface area contributed by atoms with E-state index in [1.54, 1.807) is 0 Å². The molecule has 0 bridgehead atoms. The first-order valence-corrected chi connectivity index (χ1v) is 11.3. The summed E-state index contributed by atoms with van der Waals surface area (Å²) in [4.78, 5) is 24.1. The Bertz CT molecular complexity index is 794. The highest BCUT2D eigenvalue weighted by Crippen LogP contribution is 2.69. The molecule has 4 N–H and O–H groups in total. The van der Waals surface area contributed by atoms with E-state index in [2.05, 4.69) is 0 Å². The fourth-order valence-corrected chi connectivity index (χ4v) is 8.39. The molecule has 0 amide bonds. The highest BCUT2D eigenvalue weighted by molar-refractivity contribution is 5.85. The Morgan fingerprint density at radius 3 is 2.50 bits per heavy atom. The Morgan fingerprint density at radius 2 is 1.83 bits per heavy atom. The second-order valence-corrected chi connectivity index (χ2v) is 10.7. The first-order chi connectivity index (χ1) is 14.2. The van der Waals surface area contributed by atoms with Crippen LogP contribution in [0.2, 0.25) is 0 Å². The molecule has 7 nitrogen and oxygen atoms in total. The van der Waals surface area contributed by atoms with Crippen molar-refractivity contribution in [1.82, 2.24) is 0 Å². The van der Waals surface area contributed by atoms with Gasteiger partial charge in [-0.05, 0) is 61.9 Å².